The van der Waals surface area contributed by atoms with E-state index in [1.165, 1.54) is 0 Å². The zero-order valence-corrected chi connectivity index (χ0v) is 11.3. The van der Waals surface area contributed by atoms with Gasteiger partial charge in [-0.2, -0.15) is 0 Å². The highest BCUT2D eigenvalue weighted by molar-refractivity contribution is 5.86. The van der Waals surface area contributed by atoms with Gasteiger partial charge in [0, 0.05) is 17.8 Å². The molecule has 0 fully saturated rings. The molecule has 0 spiro atoms. The van der Waals surface area contributed by atoms with Crippen molar-refractivity contribution in [3.63, 3.8) is 0 Å². The molecule has 0 aliphatic carbocycles. The maximum atomic E-state index is 11.2. The molecule has 0 amide bonds. The van der Waals surface area contributed by atoms with E-state index in [-0.39, 0.29) is 0 Å². The summed E-state index contributed by atoms with van der Waals surface area (Å²) in [4.78, 5) is 13.4. The molecule has 0 atom stereocenters. The molecule has 0 N–H and O–H groups in total. The summed E-state index contributed by atoms with van der Waals surface area (Å²) in [6, 6.07) is 18.0. The van der Waals surface area contributed by atoms with E-state index in [1.54, 1.807) is 0 Å². The van der Waals surface area contributed by atoms with Gasteiger partial charge >= 0.3 is 0 Å². The monoisotopic (exact) mass is 253 g/mol. The second kappa shape index (κ2) is 6.74. The first-order valence-corrected chi connectivity index (χ1v) is 6.73. The number of hydrogen-bond donors (Lipinski definition) is 0. The molecule has 0 aliphatic heterocycles. The van der Waals surface area contributed by atoms with Gasteiger partial charge in [-0.25, -0.2) is 0 Å². The Morgan fingerprint density at radius 1 is 1.00 bits per heavy atom. The Balaban J connectivity index is 2.40. The van der Waals surface area contributed by atoms with Crippen molar-refractivity contribution in [2.45, 2.75) is 19.8 Å². The predicted molar refractivity (Wildman–Crippen MR) is 80.2 cm³/mol. The quantitative estimate of drug-likeness (QED) is 0.709. The molecule has 0 aromatic heterocycles. The lowest BCUT2D eigenvalue weighted by atomic mass is 10.1. The van der Waals surface area contributed by atoms with Gasteiger partial charge in [-0.15, -0.1) is 0 Å². The number of carbonyl (C=O) groups excluding carboxylic acids is 1. The maximum absolute atomic E-state index is 11.2. The van der Waals surface area contributed by atoms with Crippen molar-refractivity contribution in [3.05, 3.63) is 60.2 Å². The van der Waals surface area contributed by atoms with E-state index in [0.29, 0.717) is 0 Å². The van der Waals surface area contributed by atoms with Crippen molar-refractivity contribution in [1.29, 1.82) is 0 Å². The number of rotatable bonds is 6. The molecule has 0 aliphatic rings. The van der Waals surface area contributed by atoms with Gasteiger partial charge in [0.05, 0.1) is 5.69 Å². The van der Waals surface area contributed by atoms with Gasteiger partial charge in [0.2, 0.25) is 0 Å². The Morgan fingerprint density at radius 3 is 2.37 bits per heavy atom. The van der Waals surface area contributed by atoms with Crippen molar-refractivity contribution in [2.24, 2.45) is 0 Å². The molecule has 2 heteroatoms. The number of nitrogens with zero attached hydrogens (tertiary/aromatic N) is 1. The number of unbranched alkanes of at least 4 members (excludes halogenated alkanes) is 1. The fourth-order valence-electron chi connectivity index (χ4n) is 2.15. The highest BCUT2D eigenvalue weighted by Crippen LogP contribution is 2.28. The SMILES string of the molecule is CCCCN(c1ccccc1)c1ccccc1C=O. The molecule has 0 unspecified atom stereocenters. The molecule has 0 heterocycles. The van der Waals surface area contributed by atoms with E-state index in [4.69, 9.17) is 0 Å². The number of aldehydes is 1. The van der Waals surface area contributed by atoms with Crippen molar-refractivity contribution in [3.8, 4) is 0 Å². The lowest BCUT2D eigenvalue weighted by Gasteiger charge is -2.26. The van der Waals surface area contributed by atoms with Gasteiger partial charge in [-0.05, 0) is 30.7 Å². The van der Waals surface area contributed by atoms with Gasteiger partial charge in [-0.3, -0.25) is 4.79 Å². The van der Waals surface area contributed by atoms with E-state index in [0.717, 1.165) is 42.6 Å². The van der Waals surface area contributed by atoms with Crippen LogP contribution in [-0.4, -0.2) is 12.8 Å². The van der Waals surface area contributed by atoms with Crippen LogP contribution in [0.5, 0.6) is 0 Å². The number of hydrogen-bond acceptors (Lipinski definition) is 2. The van der Waals surface area contributed by atoms with Gasteiger partial charge < -0.3 is 4.90 Å². The molecule has 19 heavy (non-hydrogen) atoms. The Labute approximate surface area is 114 Å². The van der Waals surface area contributed by atoms with Crippen molar-refractivity contribution < 1.29 is 4.79 Å². The largest absolute Gasteiger partial charge is 0.341 e. The Kier molecular flexibility index (Phi) is 4.73. The fraction of sp³-hybridized carbons (Fsp3) is 0.235. The standard InChI is InChI=1S/C17H19NO/c1-2-3-13-18(16-10-5-4-6-11-16)17-12-8-7-9-15(17)14-19/h4-12,14H,2-3,13H2,1H3. The van der Waals surface area contributed by atoms with Gasteiger partial charge in [0.15, 0.2) is 6.29 Å². The summed E-state index contributed by atoms with van der Waals surface area (Å²) in [5.74, 6) is 0. The normalized spacial score (nSPS) is 10.2. The average molecular weight is 253 g/mol. The zero-order valence-electron chi connectivity index (χ0n) is 11.3. The summed E-state index contributed by atoms with van der Waals surface area (Å²) < 4.78 is 0. The third-order valence-electron chi connectivity index (χ3n) is 3.16. The highest BCUT2D eigenvalue weighted by atomic mass is 16.1. The highest BCUT2D eigenvalue weighted by Gasteiger charge is 2.11. The van der Waals surface area contributed by atoms with Gasteiger partial charge in [0.25, 0.3) is 0 Å². The smallest absolute Gasteiger partial charge is 0.152 e. The Morgan fingerprint density at radius 2 is 1.68 bits per heavy atom. The van der Waals surface area contributed by atoms with Crippen LogP contribution in [0.3, 0.4) is 0 Å². The first kappa shape index (κ1) is 13.3. The average Bonchev–Trinajstić information content (AvgIpc) is 2.49. The molecule has 2 aromatic carbocycles. The summed E-state index contributed by atoms with van der Waals surface area (Å²) in [5, 5.41) is 0. The molecule has 0 radical (unpaired) electrons. The first-order valence-electron chi connectivity index (χ1n) is 6.73. The summed E-state index contributed by atoms with van der Waals surface area (Å²) in [5.41, 5.74) is 2.85. The first-order chi connectivity index (χ1) is 9.36. The van der Waals surface area contributed by atoms with Crippen LogP contribution < -0.4 is 4.90 Å². The second-order valence-corrected chi connectivity index (χ2v) is 4.52. The lowest BCUT2D eigenvalue weighted by molar-refractivity contribution is 0.112. The summed E-state index contributed by atoms with van der Waals surface area (Å²) >= 11 is 0. The Bertz CT molecular complexity index is 522. The number of para-hydroxylation sites is 2. The maximum Gasteiger partial charge on any atom is 0.152 e. The van der Waals surface area contributed by atoms with Crippen LogP contribution in [0.4, 0.5) is 11.4 Å². The van der Waals surface area contributed by atoms with Gasteiger partial charge in [0.1, 0.15) is 0 Å². The molecular formula is C17H19NO. The molecule has 0 bridgehead atoms. The molecule has 2 nitrogen and oxygen atoms in total. The van der Waals surface area contributed by atoms with Gasteiger partial charge in [-0.1, -0.05) is 43.7 Å². The molecule has 0 saturated carbocycles. The minimum absolute atomic E-state index is 0.738. The van der Waals surface area contributed by atoms with Crippen LogP contribution in [0, 0.1) is 0 Å². The summed E-state index contributed by atoms with van der Waals surface area (Å²) in [6.45, 7) is 3.10. The van der Waals surface area contributed by atoms with Crippen LogP contribution in [-0.2, 0) is 0 Å². The Hall–Kier alpha value is -2.09. The van der Waals surface area contributed by atoms with Crippen molar-refractivity contribution in [2.75, 3.05) is 11.4 Å². The molecule has 2 aromatic rings. The van der Waals surface area contributed by atoms with E-state index in [1.807, 2.05) is 42.5 Å². The predicted octanol–water partition coefficient (Wildman–Crippen LogP) is 4.44. The minimum Gasteiger partial charge on any atom is -0.341 e. The lowest BCUT2D eigenvalue weighted by Crippen LogP contribution is -2.19. The van der Waals surface area contributed by atoms with E-state index < -0.39 is 0 Å². The third-order valence-corrected chi connectivity index (χ3v) is 3.16. The second-order valence-electron chi connectivity index (χ2n) is 4.52. The number of carbonyl (C=O) groups is 1. The topological polar surface area (TPSA) is 20.3 Å². The van der Waals surface area contributed by atoms with E-state index in [2.05, 4.69) is 24.0 Å². The van der Waals surface area contributed by atoms with Crippen LogP contribution in [0.2, 0.25) is 0 Å². The zero-order chi connectivity index (χ0) is 13.5. The number of benzene rings is 2. The molecule has 2 rings (SSSR count). The third kappa shape index (κ3) is 3.22. The van der Waals surface area contributed by atoms with E-state index >= 15 is 0 Å². The summed E-state index contributed by atoms with van der Waals surface area (Å²) in [6.07, 6.45) is 3.16. The van der Waals surface area contributed by atoms with Crippen LogP contribution in [0.25, 0.3) is 0 Å². The molecular weight excluding hydrogens is 234 g/mol. The van der Waals surface area contributed by atoms with Crippen molar-refractivity contribution in [1.82, 2.24) is 0 Å². The summed E-state index contributed by atoms with van der Waals surface area (Å²) in [7, 11) is 0. The van der Waals surface area contributed by atoms with Crippen LogP contribution in [0.1, 0.15) is 30.1 Å². The van der Waals surface area contributed by atoms with Crippen LogP contribution in [0.15, 0.2) is 54.6 Å². The fourth-order valence-corrected chi connectivity index (χ4v) is 2.15. The minimum atomic E-state index is 0.738. The number of anilines is 2. The van der Waals surface area contributed by atoms with Crippen LogP contribution >= 0.6 is 0 Å². The molecule has 0 saturated heterocycles. The van der Waals surface area contributed by atoms with Crippen molar-refractivity contribution >= 4 is 17.7 Å². The van der Waals surface area contributed by atoms with E-state index in [9.17, 15) is 4.79 Å². The molecule has 98 valence electrons.